The molecule has 0 saturated carbocycles. The number of rotatable bonds is 4. The van der Waals surface area contributed by atoms with Gasteiger partial charge in [0.05, 0.1) is 16.5 Å². The van der Waals surface area contributed by atoms with Crippen molar-refractivity contribution in [3.8, 4) is 11.3 Å². The summed E-state index contributed by atoms with van der Waals surface area (Å²) in [6.07, 6.45) is 0. The minimum atomic E-state index is -1.80. The van der Waals surface area contributed by atoms with Crippen molar-refractivity contribution in [3.05, 3.63) is 102 Å². The zero-order chi connectivity index (χ0) is 26.8. The average molecular weight is 514 g/mol. The minimum Gasteiger partial charge on any atom is -0.338 e. The number of fused-ring (bicyclic) bond motifs is 4. The lowest BCUT2D eigenvalue weighted by Gasteiger charge is -2.24. The number of benzene rings is 4. The number of hydrogen-bond donors (Lipinski definition) is 0. The van der Waals surface area contributed by atoms with E-state index in [-0.39, 0.29) is 0 Å². The van der Waals surface area contributed by atoms with Gasteiger partial charge in [-0.3, -0.25) is 0 Å². The summed E-state index contributed by atoms with van der Waals surface area (Å²) in [6.45, 7) is 14.0. The van der Waals surface area contributed by atoms with Crippen LogP contribution in [0.5, 0.6) is 0 Å². The van der Waals surface area contributed by atoms with Gasteiger partial charge in [0.15, 0.2) is 5.69 Å². The van der Waals surface area contributed by atoms with Crippen LogP contribution in [0.4, 0.5) is 0 Å². The molecule has 0 amide bonds. The fraction of sp³-hybridized carbons (Fsp3) is 0.229. The lowest BCUT2D eigenvalue weighted by Crippen LogP contribution is -2.52. The van der Waals surface area contributed by atoms with Crippen molar-refractivity contribution < 1.29 is 4.57 Å². The number of para-hydroxylation sites is 1. The molecule has 2 nitrogen and oxygen atoms in total. The molecule has 0 aliphatic carbocycles. The largest absolute Gasteiger partial charge is 0.338 e. The van der Waals surface area contributed by atoms with Crippen molar-refractivity contribution in [2.45, 2.75) is 46.8 Å². The molecular weight excluding hydrogens is 476 g/mol. The first-order valence-electron chi connectivity index (χ1n) is 13.7. The normalized spacial score (nSPS) is 12.3. The van der Waals surface area contributed by atoms with Crippen LogP contribution in [0.1, 0.15) is 31.1 Å². The summed E-state index contributed by atoms with van der Waals surface area (Å²) >= 11 is 0. The highest BCUT2D eigenvalue weighted by molar-refractivity contribution is 7.00. The SMILES string of the molecule is Cc1cc2c3ccccc3n(C(C)C)c2cc1-c1c2ccc([Si](C)(C)c3ccccc3)cc2cc(C)[n+]1C. The molecule has 0 spiro atoms. The monoisotopic (exact) mass is 513 g/mol. The van der Waals surface area contributed by atoms with Crippen molar-refractivity contribution in [2.75, 3.05) is 0 Å². The van der Waals surface area contributed by atoms with Gasteiger partial charge in [0.2, 0.25) is 5.69 Å². The Kier molecular flexibility index (Phi) is 5.80. The van der Waals surface area contributed by atoms with Crippen molar-refractivity contribution in [1.82, 2.24) is 4.57 Å². The van der Waals surface area contributed by atoms with Crippen molar-refractivity contribution in [2.24, 2.45) is 7.05 Å². The molecule has 4 aromatic carbocycles. The molecule has 2 aromatic heterocycles. The van der Waals surface area contributed by atoms with Crippen molar-refractivity contribution in [1.29, 1.82) is 0 Å². The van der Waals surface area contributed by atoms with E-state index in [1.807, 2.05) is 0 Å². The Bertz CT molecular complexity index is 1840. The topological polar surface area (TPSA) is 8.81 Å². The maximum atomic E-state index is 2.50. The Labute approximate surface area is 227 Å². The van der Waals surface area contributed by atoms with E-state index < -0.39 is 8.07 Å². The molecule has 38 heavy (non-hydrogen) atoms. The molecule has 2 heterocycles. The predicted octanol–water partition coefficient (Wildman–Crippen LogP) is 7.46. The molecule has 0 saturated heterocycles. The van der Waals surface area contributed by atoms with Crippen LogP contribution in [-0.2, 0) is 7.05 Å². The van der Waals surface area contributed by atoms with Crippen molar-refractivity contribution in [3.63, 3.8) is 0 Å². The van der Waals surface area contributed by atoms with E-state index in [1.165, 1.54) is 65.5 Å². The number of aryl methyl sites for hydroxylation is 2. The Morgan fingerprint density at radius 3 is 2.13 bits per heavy atom. The summed E-state index contributed by atoms with van der Waals surface area (Å²) in [6, 6.07) is 34.7. The maximum absolute atomic E-state index is 2.50. The molecule has 0 N–H and O–H groups in total. The first kappa shape index (κ1) is 24.6. The van der Waals surface area contributed by atoms with E-state index >= 15 is 0 Å². The maximum Gasteiger partial charge on any atom is 0.220 e. The number of aromatic nitrogens is 2. The Hall–Kier alpha value is -3.69. The summed E-state index contributed by atoms with van der Waals surface area (Å²) in [5.74, 6) is 0. The molecule has 190 valence electrons. The second-order valence-corrected chi connectivity index (χ2v) is 16.1. The van der Waals surface area contributed by atoms with Crippen molar-refractivity contribution >= 4 is 51.0 Å². The molecule has 0 radical (unpaired) electrons. The smallest absolute Gasteiger partial charge is 0.220 e. The standard InChI is InChI=1S/C35H37N2Si/c1-23(2)37-33-16-12-11-15-30(33)32-19-24(3)31(22-34(32)37)35-29-18-17-28(21-26(29)20-25(4)36(35)5)38(6,7)27-13-9-8-10-14-27/h8-23H,1-7H3/q+1. The highest BCUT2D eigenvalue weighted by atomic mass is 28.3. The Morgan fingerprint density at radius 1 is 0.684 bits per heavy atom. The molecule has 0 aliphatic rings. The van der Waals surface area contributed by atoms with Gasteiger partial charge in [-0.15, -0.1) is 0 Å². The molecule has 0 bridgehead atoms. The molecular formula is C35H37N2Si+. The van der Waals surface area contributed by atoms with Crippen LogP contribution in [-0.4, -0.2) is 12.6 Å². The van der Waals surface area contributed by atoms with Gasteiger partial charge in [-0.25, -0.2) is 0 Å². The minimum absolute atomic E-state index is 0.378. The Morgan fingerprint density at radius 2 is 1.39 bits per heavy atom. The van der Waals surface area contributed by atoms with Gasteiger partial charge in [0.1, 0.15) is 15.1 Å². The van der Waals surface area contributed by atoms with Gasteiger partial charge in [-0.1, -0.05) is 84.1 Å². The lowest BCUT2D eigenvalue weighted by atomic mass is 9.97. The molecule has 0 unspecified atom stereocenters. The van der Waals surface area contributed by atoms with Crippen LogP contribution in [0.3, 0.4) is 0 Å². The van der Waals surface area contributed by atoms with Crippen LogP contribution in [0.2, 0.25) is 13.1 Å². The molecule has 0 fully saturated rings. The predicted molar refractivity (Wildman–Crippen MR) is 167 cm³/mol. The van der Waals surface area contributed by atoms with E-state index in [1.54, 1.807) is 0 Å². The first-order valence-corrected chi connectivity index (χ1v) is 16.7. The Balaban J connectivity index is 1.62. The summed E-state index contributed by atoms with van der Waals surface area (Å²) in [4.78, 5) is 0. The third kappa shape index (κ3) is 3.72. The quantitative estimate of drug-likeness (QED) is 0.171. The highest BCUT2D eigenvalue weighted by Gasteiger charge is 2.28. The fourth-order valence-electron chi connectivity index (χ4n) is 6.28. The fourth-order valence-corrected chi connectivity index (χ4v) is 8.65. The lowest BCUT2D eigenvalue weighted by molar-refractivity contribution is -0.665. The zero-order valence-electron chi connectivity index (χ0n) is 23.6. The zero-order valence-corrected chi connectivity index (χ0v) is 24.6. The van der Waals surface area contributed by atoms with Gasteiger partial charge >= 0.3 is 0 Å². The van der Waals surface area contributed by atoms with Gasteiger partial charge in [0, 0.05) is 35.3 Å². The van der Waals surface area contributed by atoms with E-state index in [9.17, 15) is 0 Å². The van der Waals surface area contributed by atoms with Crippen LogP contribution < -0.4 is 14.9 Å². The summed E-state index contributed by atoms with van der Waals surface area (Å²) in [7, 11) is 0.414. The third-order valence-corrected chi connectivity index (χ3v) is 12.1. The van der Waals surface area contributed by atoms with Gasteiger partial charge in [-0.2, -0.15) is 4.57 Å². The number of nitrogens with zero attached hydrogens (tertiary/aromatic N) is 2. The molecule has 0 atom stereocenters. The average Bonchev–Trinajstić information content (AvgIpc) is 3.23. The van der Waals surface area contributed by atoms with E-state index in [0.29, 0.717) is 6.04 Å². The van der Waals surface area contributed by atoms with E-state index in [4.69, 9.17) is 0 Å². The molecule has 6 rings (SSSR count). The molecule has 6 aromatic rings. The second kappa shape index (κ2) is 8.95. The number of pyridine rings is 1. The van der Waals surface area contributed by atoms with Crippen LogP contribution >= 0.6 is 0 Å². The molecule has 0 aliphatic heterocycles. The van der Waals surface area contributed by atoms with Crippen LogP contribution in [0.25, 0.3) is 43.8 Å². The van der Waals surface area contributed by atoms with Crippen LogP contribution in [0.15, 0.2) is 91.0 Å². The summed E-state index contributed by atoms with van der Waals surface area (Å²) < 4.78 is 4.87. The summed E-state index contributed by atoms with van der Waals surface area (Å²) in [5, 5.41) is 8.26. The third-order valence-electron chi connectivity index (χ3n) is 8.58. The molecule has 3 heteroatoms. The van der Waals surface area contributed by atoms with Gasteiger partial charge < -0.3 is 4.57 Å². The first-order chi connectivity index (χ1) is 18.2. The summed E-state index contributed by atoms with van der Waals surface area (Å²) in [5.41, 5.74) is 7.81. The van der Waals surface area contributed by atoms with Crippen LogP contribution in [0, 0.1) is 13.8 Å². The van der Waals surface area contributed by atoms with E-state index in [0.717, 1.165) is 0 Å². The van der Waals surface area contributed by atoms with E-state index in [2.05, 4.69) is 148 Å². The second-order valence-electron chi connectivity index (χ2n) is 11.7. The van der Waals surface area contributed by atoms with Gasteiger partial charge in [-0.05, 0) is 56.0 Å². The highest BCUT2D eigenvalue weighted by Crippen LogP contribution is 2.37. The van der Waals surface area contributed by atoms with Gasteiger partial charge in [0.25, 0.3) is 0 Å². The number of hydrogen-bond acceptors (Lipinski definition) is 0.